The summed E-state index contributed by atoms with van der Waals surface area (Å²) in [5, 5.41) is 0. The number of hydrogen-bond donors (Lipinski definition) is 0. The third-order valence-electron chi connectivity index (χ3n) is 2.39. The lowest BCUT2D eigenvalue weighted by Gasteiger charge is -2.06. The average Bonchev–Trinajstić information content (AvgIpc) is 2.28. The van der Waals surface area contributed by atoms with Gasteiger partial charge in [-0.1, -0.05) is 6.07 Å². The fourth-order valence-electron chi connectivity index (χ4n) is 1.45. The Bertz CT molecular complexity index is 377. The first-order valence-corrected chi connectivity index (χ1v) is 5.47. The van der Waals surface area contributed by atoms with Gasteiger partial charge in [0.15, 0.2) is 5.78 Å². The number of carbonyl (C=O) groups is 1. The fraction of sp³-hybridized carbons (Fsp3) is 0.462. The van der Waals surface area contributed by atoms with Gasteiger partial charge in [-0.05, 0) is 30.2 Å². The van der Waals surface area contributed by atoms with Gasteiger partial charge >= 0.3 is 0 Å². The molecule has 0 heterocycles. The van der Waals surface area contributed by atoms with Crippen molar-refractivity contribution in [2.24, 2.45) is 0 Å². The summed E-state index contributed by atoms with van der Waals surface area (Å²) in [7, 11) is 1.58. The zero-order valence-corrected chi connectivity index (χ0v) is 10.2. The molecule has 0 amide bonds. The molecule has 17 heavy (non-hydrogen) atoms. The van der Waals surface area contributed by atoms with E-state index in [4.69, 9.17) is 9.47 Å². The molecule has 0 aliphatic carbocycles. The lowest BCUT2D eigenvalue weighted by atomic mass is 10.0. The molecule has 1 aromatic rings. The van der Waals surface area contributed by atoms with Crippen molar-refractivity contribution in [2.75, 3.05) is 26.9 Å². The zero-order chi connectivity index (χ0) is 12.7. The summed E-state index contributed by atoms with van der Waals surface area (Å²) in [4.78, 5) is 11.6. The van der Waals surface area contributed by atoms with Gasteiger partial charge in [0.1, 0.15) is 12.4 Å². The van der Waals surface area contributed by atoms with E-state index in [0.29, 0.717) is 13.2 Å². The van der Waals surface area contributed by atoms with E-state index in [0.717, 1.165) is 11.1 Å². The Morgan fingerprint density at radius 1 is 1.35 bits per heavy atom. The van der Waals surface area contributed by atoms with Gasteiger partial charge in [0.2, 0.25) is 0 Å². The van der Waals surface area contributed by atoms with Gasteiger partial charge in [-0.25, -0.2) is 4.39 Å². The molecule has 3 nitrogen and oxygen atoms in total. The van der Waals surface area contributed by atoms with E-state index in [9.17, 15) is 9.18 Å². The lowest BCUT2D eigenvalue weighted by Crippen LogP contribution is -2.14. The van der Waals surface area contributed by atoms with Crippen LogP contribution < -0.4 is 0 Å². The quantitative estimate of drug-likeness (QED) is 0.683. The average molecular weight is 240 g/mol. The normalized spacial score (nSPS) is 10.5. The van der Waals surface area contributed by atoms with Crippen LogP contribution in [0, 0.1) is 12.7 Å². The van der Waals surface area contributed by atoms with E-state index in [1.54, 1.807) is 20.1 Å². The molecular formula is C13H17FO3. The van der Waals surface area contributed by atoms with Crippen LogP contribution in [0.15, 0.2) is 18.2 Å². The monoisotopic (exact) mass is 240 g/mol. The van der Waals surface area contributed by atoms with Crippen molar-refractivity contribution in [1.29, 1.82) is 0 Å². The molecule has 0 unspecified atom stereocenters. The molecule has 94 valence electrons. The number of methoxy groups -OCH3 is 1. The largest absolute Gasteiger partial charge is 0.382 e. The van der Waals surface area contributed by atoms with Gasteiger partial charge in [-0.2, -0.15) is 0 Å². The number of hydrogen-bond acceptors (Lipinski definition) is 3. The highest BCUT2D eigenvalue weighted by Crippen LogP contribution is 2.11. The van der Waals surface area contributed by atoms with Crippen molar-refractivity contribution >= 4 is 5.78 Å². The van der Waals surface area contributed by atoms with E-state index in [1.165, 1.54) is 12.1 Å². The summed E-state index contributed by atoms with van der Waals surface area (Å²) in [6.07, 6.45) is 0.277. The van der Waals surface area contributed by atoms with Crippen LogP contribution in [0.25, 0.3) is 0 Å². The van der Waals surface area contributed by atoms with Crippen molar-refractivity contribution in [3.8, 4) is 0 Å². The molecule has 0 aliphatic rings. The lowest BCUT2D eigenvalue weighted by molar-refractivity contribution is -0.123. The van der Waals surface area contributed by atoms with E-state index >= 15 is 0 Å². The summed E-state index contributed by atoms with van der Waals surface area (Å²) in [6.45, 7) is 2.74. The molecule has 0 spiro atoms. The van der Waals surface area contributed by atoms with Crippen molar-refractivity contribution < 1.29 is 18.7 Å². The van der Waals surface area contributed by atoms with Gasteiger partial charge in [0, 0.05) is 13.5 Å². The van der Waals surface area contributed by atoms with E-state index < -0.39 is 0 Å². The molecule has 1 aromatic carbocycles. The van der Waals surface area contributed by atoms with E-state index in [1.807, 2.05) is 0 Å². The number of benzene rings is 1. The Kier molecular flexibility index (Phi) is 5.80. The topological polar surface area (TPSA) is 35.5 Å². The number of Topliss-reactive ketones (excluding diaryl/α,β-unsaturated/α-hetero) is 1. The van der Waals surface area contributed by atoms with E-state index in [2.05, 4.69) is 0 Å². The maximum atomic E-state index is 12.8. The number of ether oxygens (including phenoxy) is 2. The minimum atomic E-state index is -0.282. The Labute approximate surface area is 101 Å². The minimum Gasteiger partial charge on any atom is -0.382 e. The van der Waals surface area contributed by atoms with Gasteiger partial charge in [-0.15, -0.1) is 0 Å². The number of rotatable bonds is 7. The van der Waals surface area contributed by atoms with Crippen LogP contribution in [0.5, 0.6) is 0 Å². The van der Waals surface area contributed by atoms with Crippen LogP contribution >= 0.6 is 0 Å². The summed E-state index contributed by atoms with van der Waals surface area (Å²) in [6, 6.07) is 4.42. The molecule has 0 atom stereocenters. The third kappa shape index (κ3) is 5.06. The molecule has 0 fully saturated rings. The van der Waals surface area contributed by atoms with Crippen molar-refractivity contribution in [2.45, 2.75) is 13.3 Å². The summed E-state index contributed by atoms with van der Waals surface area (Å²) < 4.78 is 22.8. The standard InChI is InChI=1S/C13H17FO3/c1-10-7-12(14)4-3-11(10)8-13(15)9-17-6-5-16-2/h3-4,7H,5-6,8-9H2,1-2H3. The molecule has 1 rings (SSSR count). The van der Waals surface area contributed by atoms with Crippen LogP contribution in [0.2, 0.25) is 0 Å². The first-order chi connectivity index (χ1) is 8.13. The van der Waals surface area contributed by atoms with Gasteiger partial charge < -0.3 is 9.47 Å². The number of halogens is 1. The summed E-state index contributed by atoms with van der Waals surface area (Å²) >= 11 is 0. The summed E-state index contributed by atoms with van der Waals surface area (Å²) in [5.41, 5.74) is 1.63. The Balaban J connectivity index is 2.40. The van der Waals surface area contributed by atoms with Crippen LogP contribution in [-0.4, -0.2) is 32.7 Å². The predicted octanol–water partition coefficient (Wildman–Crippen LogP) is 1.91. The highest BCUT2D eigenvalue weighted by atomic mass is 19.1. The molecule has 0 bridgehead atoms. The Morgan fingerprint density at radius 3 is 2.76 bits per heavy atom. The van der Waals surface area contributed by atoms with Crippen LogP contribution in [0.3, 0.4) is 0 Å². The second-order valence-electron chi connectivity index (χ2n) is 3.83. The second-order valence-corrected chi connectivity index (χ2v) is 3.83. The SMILES string of the molecule is COCCOCC(=O)Cc1ccc(F)cc1C. The maximum Gasteiger partial charge on any atom is 0.162 e. The maximum absolute atomic E-state index is 12.8. The van der Waals surface area contributed by atoms with Crippen LogP contribution in [-0.2, 0) is 20.7 Å². The second kappa shape index (κ2) is 7.14. The smallest absolute Gasteiger partial charge is 0.162 e. The number of ketones is 1. The predicted molar refractivity (Wildman–Crippen MR) is 62.5 cm³/mol. The molecular weight excluding hydrogens is 223 g/mol. The molecule has 0 radical (unpaired) electrons. The molecule has 4 heteroatoms. The highest BCUT2D eigenvalue weighted by molar-refractivity contribution is 5.82. The zero-order valence-electron chi connectivity index (χ0n) is 10.2. The minimum absolute atomic E-state index is 0.0178. The van der Waals surface area contributed by atoms with Crippen LogP contribution in [0.1, 0.15) is 11.1 Å². The van der Waals surface area contributed by atoms with Crippen molar-refractivity contribution in [1.82, 2.24) is 0 Å². The Morgan fingerprint density at radius 2 is 2.12 bits per heavy atom. The summed E-state index contributed by atoms with van der Waals surface area (Å²) in [5.74, 6) is -0.300. The molecule has 0 N–H and O–H groups in total. The van der Waals surface area contributed by atoms with E-state index in [-0.39, 0.29) is 24.6 Å². The first kappa shape index (κ1) is 13.8. The van der Waals surface area contributed by atoms with Crippen molar-refractivity contribution in [3.63, 3.8) is 0 Å². The van der Waals surface area contributed by atoms with Gasteiger partial charge in [-0.3, -0.25) is 4.79 Å². The van der Waals surface area contributed by atoms with Crippen LogP contribution in [0.4, 0.5) is 4.39 Å². The molecule has 0 saturated heterocycles. The number of aryl methyl sites for hydroxylation is 1. The fourth-order valence-corrected chi connectivity index (χ4v) is 1.45. The Hall–Kier alpha value is -1.26. The first-order valence-electron chi connectivity index (χ1n) is 5.47. The van der Waals surface area contributed by atoms with Gasteiger partial charge in [0.05, 0.1) is 13.2 Å². The van der Waals surface area contributed by atoms with Crippen molar-refractivity contribution in [3.05, 3.63) is 35.1 Å². The molecule has 0 aliphatic heterocycles. The number of carbonyl (C=O) groups excluding carboxylic acids is 1. The molecule has 0 saturated carbocycles. The molecule has 0 aromatic heterocycles. The third-order valence-corrected chi connectivity index (χ3v) is 2.39. The highest BCUT2D eigenvalue weighted by Gasteiger charge is 2.07. The van der Waals surface area contributed by atoms with Gasteiger partial charge in [0.25, 0.3) is 0 Å².